The Morgan fingerprint density at radius 1 is 1.79 bits per heavy atom. The normalized spacial score (nSPS) is 21.4. The lowest BCUT2D eigenvalue weighted by atomic mass is 10.1. The molecule has 0 radical (unpaired) electrons. The third kappa shape index (κ3) is 2.43. The number of rotatable bonds is 4. The second kappa shape index (κ2) is 4.92. The van der Waals surface area contributed by atoms with Crippen molar-refractivity contribution >= 4 is 11.8 Å². The van der Waals surface area contributed by atoms with Crippen molar-refractivity contribution in [3.63, 3.8) is 0 Å². The van der Waals surface area contributed by atoms with Gasteiger partial charge in [-0.3, -0.25) is 15.0 Å². The Balaban J connectivity index is 2.43. The van der Waals surface area contributed by atoms with E-state index in [9.17, 15) is 9.59 Å². The van der Waals surface area contributed by atoms with Crippen molar-refractivity contribution in [3.8, 4) is 0 Å². The van der Waals surface area contributed by atoms with Crippen LogP contribution in [0.25, 0.3) is 0 Å². The number of nitrogens with zero attached hydrogens (tertiary/aromatic N) is 1. The number of hydrazine groups is 1. The molecule has 0 saturated carbocycles. The van der Waals surface area contributed by atoms with E-state index < -0.39 is 0 Å². The van der Waals surface area contributed by atoms with Crippen LogP contribution in [0.15, 0.2) is 0 Å². The van der Waals surface area contributed by atoms with Crippen molar-refractivity contribution in [1.82, 2.24) is 10.3 Å². The van der Waals surface area contributed by atoms with Gasteiger partial charge in [0.05, 0.1) is 12.5 Å². The Labute approximate surface area is 82.3 Å². The molecule has 0 bridgehead atoms. The van der Waals surface area contributed by atoms with E-state index in [1.807, 2.05) is 0 Å². The standard InChI is InChI=1S/C8H15N3O3/c1-14-3-2-11-5-6(4-7(11)12)8(13)10-9/h6H,2-5,9H2,1H3,(H,10,13). The maximum Gasteiger partial charge on any atom is 0.239 e. The highest BCUT2D eigenvalue weighted by molar-refractivity contribution is 5.88. The van der Waals surface area contributed by atoms with E-state index in [1.165, 1.54) is 0 Å². The number of carbonyl (C=O) groups is 2. The van der Waals surface area contributed by atoms with Gasteiger partial charge in [-0.2, -0.15) is 0 Å². The van der Waals surface area contributed by atoms with E-state index >= 15 is 0 Å². The highest BCUT2D eigenvalue weighted by atomic mass is 16.5. The van der Waals surface area contributed by atoms with Crippen LogP contribution in [0.1, 0.15) is 6.42 Å². The molecular weight excluding hydrogens is 186 g/mol. The fourth-order valence-electron chi connectivity index (χ4n) is 1.48. The Kier molecular flexibility index (Phi) is 3.84. The second-order valence-corrected chi connectivity index (χ2v) is 3.24. The molecule has 1 aliphatic rings. The van der Waals surface area contributed by atoms with E-state index in [-0.39, 0.29) is 24.2 Å². The lowest BCUT2D eigenvalue weighted by molar-refractivity contribution is -0.129. The summed E-state index contributed by atoms with van der Waals surface area (Å²) >= 11 is 0. The average molecular weight is 201 g/mol. The van der Waals surface area contributed by atoms with Crippen LogP contribution in [0.2, 0.25) is 0 Å². The van der Waals surface area contributed by atoms with Gasteiger partial charge >= 0.3 is 0 Å². The molecule has 1 unspecified atom stereocenters. The summed E-state index contributed by atoms with van der Waals surface area (Å²) in [5, 5.41) is 0. The van der Waals surface area contributed by atoms with Crippen LogP contribution < -0.4 is 11.3 Å². The maximum absolute atomic E-state index is 11.4. The van der Waals surface area contributed by atoms with Gasteiger partial charge in [-0.1, -0.05) is 0 Å². The summed E-state index contributed by atoms with van der Waals surface area (Å²) < 4.78 is 4.86. The topological polar surface area (TPSA) is 84.7 Å². The molecular formula is C8H15N3O3. The minimum absolute atomic E-state index is 0.0179. The first-order valence-corrected chi connectivity index (χ1v) is 4.46. The van der Waals surface area contributed by atoms with Gasteiger partial charge in [0.15, 0.2) is 0 Å². The molecule has 6 heteroatoms. The predicted molar refractivity (Wildman–Crippen MR) is 48.9 cm³/mol. The molecule has 1 rings (SSSR count). The van der Waals surface area contributed by atoms with Gasteiger partial charge in [0.25, 0.3) is 0 Å². The zero-order valence-corrected chi connectivity index (χ0v) is 8.16. The van der Waals surface area contributed by atoms with Crippen molar-refractivity contribution in [1.29, 1.82) is 0 Å². The summed E-state index contributed by atoms with van der Waals surface area (Å²) in [6, 6.07) is 0. The highest BCUT2D eigenvalue weighted by Crippen LogP contribution is 2.16. The molecule has 80 valence electrons. The van der Waals surface area contributed by atoms with E-state index in [4.69, 9.17) is 10.6 Å². The van der Waals surface area contributed by atoms with Crippen LogP contribution in [0.4, 0.5) is 0 Å². The van der Waals surface area contributed by atoms with Crippen LogP contribution in [-0.2, 0) is 14.3 Å². The third-order valence-electron chi connectivity index (χ3n) is 2.29. The number of nitrogens with two attached hydrogens (primary N) is 1. The molecule has 1 heterocycles. The fraction of sp³-hybridized carbons (Fsp3) is 0.750. The van der Waals surface area contributed by atoms with E-state index in [2.05, 4.69) is 5.43 Å². The quantitative estimate of drug-likeness (QED) is 0.328. The van der Waals surface area contributed by atoms with Crippen LogP contribution in [-0.4, -0.2) is 43.5 Å². The minimum Gasteiger partial charge on any atom is -0.383 e. The van der Waals surface area contributed by atoms with E-state index in [0.717, 1.165) is 0 Å². The number of likely N-dealkylation sites (tertiary alicyclic amines) is 1. The average Bonchev–Trinajstić information content (AvgIpc) is 2.56. The summed E-state index contributed by atoms with van der Waals surface area (Å²) in [5.41, 5.74) is 2.06. The highest BCUT2D eigenvalue weighted by Gasteiger charge is 2.33. The first-order chi connectivity index (χ1) is 6.69. The number of hydrogen-bond acceptors (Lipinski definition) is 4. The summed E-state index contributed by atoms with van der Waals surface area (Å²) in [4.78, 5) is 24.1. The Morgan fingerprint density at radius 3 is 3.07 bits per heavy atom. The van der Waals surface area contributed by atoms with Crippen LogP contribution in [0.5, 0.6) is 0 Å². The number of nitrogens with one attached hydrogen (secondary N) is 1. The molecule has 1 saturated heterocycles. The van der Waals surface area contributed by atoms with Gasteiger partial charge < -0.3 is 9.64 Å². The first kappa shape index (κ1) is 10.9. The third-order valence-corrected chi connectivity index (χ3v) is 2.29. The number of amides is 2. The first-order valence-electron chi connectivity index (χ1n) is 4.46. The molecule has 14 heavy (non-hydrogen) atoms. The summed E-state index contributed by atoms with van der Waals surface area (Å²) in [7, 11) is 1.57. The van der Waals surface area contributed by atoms with Crippen molar-refractivity contribution in [2.45, 2.75) is 6.42 Å². The molecule has 2 amide bonds. The largest absolute Gasteiger partial charge is 0.383 e. The summed E-state index contributed by atoms with van der Waals surface area (Å²) in [6.07, 6.45) is 0.243. The number of methoxy groups -OCH3 is 1. The van der Waals surface area contributed by atoms with Gasteiger partial charge in [0.1, 0.15) is 0 Å². The van der Waals surface area contributed by atoms with Crippen molar-refractivity contribution < 1.29 is 14.3 Å². The van der Waals surface area contributed by atoms with Crippen LogP contribution >= 0.6 is 0 Å². The number of hydrogen-bond donors (Lipinski definition) is 2. The number of ether oxygens (including phenoxy) is 1. The van der Waals surface area contributed by atoms with Gasteiger partial charge in [-0.15, -0.1) is 0 Å². The second-order valence-electron chi connectivity index (χ2n) is 3.24. The van der Waals surface area contributed by atoms with Crippen molar-refractivity contribution in [2.75, 3.05) is 26.8 Å². The van der Waals surface area contributed by atoms with Gasteiger partial charge in [-0.25, -0.2) is 5.84 Å². The smallest absolute Gasteiger partial charge is 0.239 e. The zero-order valence-electron chi connectivity index (χ0n) is 8.16. The Morgan fingerprint density at radius 2 is 2.50 bits per heavy atom. The molecule has 1 fully saturated rings. The molecule has 1 atom stereocenters. The molecule has 1 aliphatic heterocycles. The SMILES string of the molecule is COCCN1CC(C(=O)NN)CC1=O. The van der Waals surface area contributed by atoms with Crippen molar-refractivity contribution in [2.24, 2.45) is 11.8 Å². The molecule has 6 nitrogen and oxygen atoms in total. The molecule has 0 aromatic rings. The van der Waals surface area contributed by atoms with Crippen LogP contribution in [0.3, 0.4) is 0 Å². The predicted octanol–water partition coefficient (Wildman–Crippen LogP) is -1.53. The minimum atomic E-state index is -0.315. The van der Waals surface area contributed by atoms with E-state index in [1.54, 1.807) is 12.0 Å². The fourth-order valence-corrected chi connectivity index (χ4v) is 1.48. The lowest BCUT2D eigenvalue weighted by Gasteiger charge is -2.15. The zero-order chi connectivity index (χ0) is 10.6. The molecule has 0 spiro atoms. The van der Waals surface area contributed by atoms with Crippen LogP contribution in [0, 0.1) is 5.92 Å². The van der Waals surface area contributed by atoms with Gasteiger partial charge in [-0.05, 0) is 0 Å². The van der Waals surface area contributed by atoms with Gasteiger partial charge in [0, 0.05) is 26.6 Å². The monoisotopic (exact) mass is 201 g/mol. The lowest BCUT2D eigenvalue weighted by Crippen LogP contribution is -2.37. The summed E-state index contributed by atoms with van der Waals surface area (Å²) in [6.45, 7) is 1.46. The van der Waals surface area contributed by atoms with E-state index in [0.29, 0.717) is 19.7 Å². The number of carbonyl (C=O) groups excluding carboxylic acids is 2. The Bertz CT molecular complexity index is 232. The summed E-state index contributed by atoms with van der Waals surface area (Å²) in [5.74, 6) is 4.38. The van der Waals surface area contributed by atoms with Gasteiger partial charge in [0.2, 0.25) is 11.8 Å². The molecule has 0 aliphatic carbocycles. The maximum atomic E-state index is 11.4. The molecule has 0 aromatic carbocycles. The Hall–Kier alpha value is -1.14. The molecule has 3 N–H and O–H groups in total. The van der Waals surface area contributed by atoms with Crippen molar-refractivity contribution in [3.05, 3.63) is 0 Å². The molecule has 0 aromatic heterocycles.